The number of hydrogen-bond acceptors (Lipinski definition) is 7. The molecule has 3 fully saturated rings. The quantitative estimate of drug-likeness (QED) is 0.121. The molecule has 3 atom stereocenters. The summed E-state index contributed by atoms with van der Waals surface area (Å²) in [5.74, 6) is -0.613. The van der Waals surface area contributed by atoms with Crippen LogP contribution in [0.15, 0.2) is 127 Å². The molecule has 9 rings (SSSR count). The summed E-state index contributed by atoms with van der Waals surface area (Å²) in [5, 5.41) is 1.94. The number of aromatic nitrogens is 2. The summed E-state index contributed by atoms with van der Waals surface area (Å²) in [4.78, 5) is 60.5. The number of hydrogen-bond donors (Lipinski definition) is 0. The van der Waals surface area contributed by atoms with Crippen molar-refractivity contribution in [2.75, 3.05) is 13.1 Å². The van der Waals surface area contributed by atoms with Gasteiger partial charge in [-0.2, -0.15) is 0 Å². The van der Waals surface area contributed by atoms with Crippen LogP contribution in [0.3, 0.4) is 0 Å². The Kier molecular flexibility index (Phi) is 11.7. The Labute approximate surface area is 353 Å². The molecule has 2 aromatic heterocycles. The molecule has 0 N–H and O–H groups in total. The van der Waals surface area contributed by atoms with Crippen molar-refractivity contribution >= 4 is 46.6 Å². The van der Waals surface area contributed by atoms with Crippen molar-refractivity contribution in [3.05, 3.63) is 143 Å². The monoisotopic (exact) mass is 817 g/mol. The topological polar surface area (TPSA) is 95.8 Å². The highest BCUT2D eigenvalue weighted by Gasteiger charge is 2.36. The van der Waals surface area contributed by atoms with Crippen LogP contribution in [0.25, 0.3) is 32.0 Å². The number of thiazole rings is 2. The van der Waals surface area contributed by atoms with Gasteiger partial charge >= 0.3 is 0 Å². The fourth-order valence-corrected chi connectivity index (χ4v) is 11.0. The maximum atomic E-state index is 14.2. The molecule has 3 amide bonds. The summed E-state index contributed by atoms with van der Waals surface area (Å²) < 4.78 is 0. The van der Waals surface area contributed by atoms with E-state index in [9.17, 15) is 14.4 Å². The highest BCUT2D eigenvalue weighted by atomic mass is 32.1. The van der Waals surface area contributed by atoms with E-state index in [1.165, 1.54) is 0 Å². The van der Waals surface area contributed by atoms with Crippen molar-refractivity contribution in [1.82, 2.24) is 19.8 Å². The van der Waals surface area contributed by atoms with E-state index in [-0.39, 0.29) is 35.7 Å². The van der Waals surface area contributed by atoms with Crippen LogP contribution in [0.5, 0.6) is 0 Å². The zero-order chi connectivity index (χ0) is 40.1. The van der Waals surface area contributed by atoms with Crippen LogP contribution >= 0.6 is 22.7 Å². The first kappa shape index (κ1) is 38.9. The van der Waals surface area contributed by atoms with Crippen molar-refractivity contribution < 1.29 is 14.4 Å². The zero-order valence-corrected chi connectivity index (χ0v) is 34.6. The molecule has 8 nitrogen and oxygen atoms in total. The minimum Gasteiger partial charge on any atom is -0.333 e. The van der Waals surface area contributed by atoms with Crippen LogP contribution in [0, 0.1) is 5.92 Å². The van der Waals surface area contributed by atoms with Gasteiger partial charge in [-0.3, -0.25) is 14.4 Å². The van der Waals surface area contributed by atoms with Crippen LogP contribution in [-0.2, 0) is 20.8 Å². The Morgan fingerprint density at radius 3 is 1.71 bits per heavy atom. The molecule has 4 aromatic carbocycles. The second kappa shape index (κ2) is 17.7. The maximum Gasteiger partial charge on any atom is 0.248 e. The number of rotatable bonds is 11. The Hall–Kier alpha value is -5.58. The molecule has 10 heteroatoms. The van der Waals surface area contributed by atoms with Crippen LogP contribution < -0.4 is 0 Å². The molecule has 0 spiro atoms. The summed E-state index contributed by atoms with van der Waals surface area (Å²) >= 11 is 3.32. The zero-order valence-electron chi connectivity index (χ0n) is 33.0. The van der Waals surface area contributed by atoms with Gasteiger partial charge < -0.3 is 9.80 Å². The van der Waals surface area contributed by atoms with E-state index in [4.69, 9.17) is 9.97 Å². The number of benzene rings is 4. The van der Waals surface area contributed by atoms with Crippen molar-refractivity contribution in [2.24, 2.45) is 10.9 Å². The number of nitrogens with zero attached hydrogens (tertiary/aromatic N) is 5. The minimum atomic E-state index is -0.618. The average molecular weight is 818 g/mol. The van der Waals surface area contributed by atoms with E-state index in [0.29, 0.717) is 13.0 Å². The molecule has 4 heterocycles. The second-order valence-corrected chi connectivity index (χ2v) is 18.0. The fourth-order valence-electron chi connectivity index (χ4n) is 8.84. The lowest BCUT2D eigenvalue weighted by atomic mass is 9.98. The third-order valence-corrected chi connectivity index (χ3v) is 14.4. The van der Waals surface area contributed by atoms with Crippen LogP contribution in [0.4, 0.5) is 0 Å². The number of carbonyl (C=O) groups excluding carboxylic acids is 3. The molecular formula is C49H47N5O3S2. The normalized spacial score (nSPS) is 18.8. The second-order valence-electron chi connectivity index (χ2n) is 15.9. The van der Waals surface area contributed by atoms with Crippen molar-refractivity contribution in [2.45, 2.75) is 75.8 Å². The van der Waals surface area contributed by atoms with Gasteiger partial charge in [0.2, 0.25) is 17.7 Å². The molecule has 1 aliphatic carbocycles. The number of aliphatic imine (C=N–C) groups is 1. The van der Waals surface area contributed by atoms with E-state index >= 15 is 0 Å². The third-order valence-electron chi connectivity index (χ3n) is 12.1. The van der Waals surface area contributed by atoms with Crippen molar-refractivity contribution in [1.29, 1.82) is 0 Å². The number of likely N-dealkylation sites (tertiary alicyclic amines) is 2. The molecule has 0 radical (unpaired) electrons. The standard InChI is InChI=1S/C49H47N5O3S2/c55-45(29-33-11-3-1-4-12-33)53-27-9-17-41(53)47-51-31-43(58-47)37-23-19-34(20-24-37)35-21-25-38(26-22-35)44-32-52-48(59-44)42-18-10-28-54(42)49(57)40(36-13-5-2-6-14-36)30-50-46(56)39-15-7-8-16-39/h1-6,11-14,19-26,30-32,39-42H,7-10,15-18,27-29H2/b50-30+/t40?,41-,42-/m0/s1. The molecule has 298 valence electrons. The molecule has 6 aromatic rings. The molecule has 3 aliphatic rings. The van der Waals surface area contributed by atoms with Crippen LogP contribution in [0.1, 0.15) is 90.5 Å². The Balaban J connectivity index is 0.852. The lowest BCUT2D eigenvalue weighted by Crippen LogP contribution is -2.35. The van der Waals surface area contributed by atoms with Gasteiger partial charge in [0.1, 0.15) is 10.0 Å². The molecule has 0 bridgehead atoms. The average Bonchev–Trinajstić information content (AvgIpc) is 4.14. The predicted molar refractivity (Wildman–Crippen MR) is 236 cm³/mol. The van der Waals surface area contributed by atoms with Gasteiger partial charge in [-0.1, -0.05) is 122 Å². The minimum absolute atomic E-state index is 0.0243. The van der Waals surface area contributed by atoms with Gasteiger partial charge in [0.25, 0.3) is 0 Å². The van der Waals surface area contributed by atoms with E-state index in [0.717, 1.165) is 111 Å². The van der Waals surface area contributed by atoms with Gasteiger partial charge in [-0.25, -0.2) is 15.0 Å². The first-order valence-electron chi connectivity index (χ1n) is 20.9. The fraction of sp³-hybridized carbons (Fsp3) is 0.306. The van der Waals surface area contributed by atoms with E-state index < -0.39 is 5.92 Å². The van der Waals surface area contributed by atoms with Gasteiger partial charge in [0, 0.05) is 37.6 Å². The number of amides is 3. The Morgan fingerprint density at radius 2 is 1.14 bits per heavy atom. The van der Waals surface area contributed by atoms with Crippen LogP contribution in [-0.4, -0.2) is 56.8 Å². The highest BCUT2D eigenvalue weighted by molar-refractivity contribution is 7.15. The highest BCUT2D eigenvalue weighted by Crippen LogP contribution is 2.41. The van der Waals surface area contributed by atoms with Crippen molar-refractivity contribution in [3.63, 3.8) is 0 Å². The third kappa shape index (κ3) is 8.61. The molecule has 2 saturated heterocycles. The summed E-state index contributed by atoms with van der Waals surface area (Å²) in [5.41, 5.74) is 6.35. The SMILES string of the molecule is O=C(/N=C/C(C(=O)N1CCC[C@H]1c1ncc(-c2ccc(-c3ccc(-c4cnc([C@@H]5CCCN5C(=O)Cc5ccccc5)s4)cc3)cc2)s1)c1ccccc1)C1CCCC1. The van der Waals surface area contributed by atoms with E-state index in [2.05, 4.69) is 53.5 Å². The van der Waals surface area contributed by atoms with Gasteiger partial charge in [-0.15, -0.1) is 22.7 Å². The largest absolute Gasteiger partial charge is 0.333 e. The number of carbonyl (C=O) groups is 3. The van der Waals surface area contributed by atoms with E-state index in [1.54, 1.807) is 28.9 Å². The Bertz CT molecular complexity index is 2420. The van der Waals surface area contributed by atoms with Gasteiger partial charge in [-0.05, 0) is 71.9 Å². The molecule has 1 saturated carbocycles. The van der Waals surface area contributed by atoms with E-state index in [1.807, 2.05) is 82.9 Å². The molecular weight excluding hydrogens is 771 g/mol. The lowest BCUT2D eigenvalue weighted by molar-refractivity contribution is -0.132. The summed E-state index contributed by atoms with van der Waals surface area (Å²) in [6.07, 6.45) is 13.5. The summed E-state index contributed by atoms with van der Waals surface area (Å²) in [6.45, 7) is 1.43. The smallest absolute Gasteiger partial charge is 0.248 e. The van der Waals surface area contributed by atoms with Crippen molar-refractivity contribution in [3.8, 4) is 32.0 Å². The maximum absolute atomic E-state index is 14.2. The van der Waals surface area contributed by atoms with Gasteiger partial charge in [0.05, 0.1) is 34.2 Å². The lowest BCUT2D eigenvalue weighted by Gasteiger charge is -2.26. The molecule has 59 heavy (non-hydrogen) atoms. The first-order valence-corrected chi connectivity index (χ1v) is 22.5. The molecule has 2 aliphatic heterocycles. The molecule has 1 unspecified atom stereocenters. The first-order chi connectivity index (χ1) is 29.0. The van der Waals surface area contributed by atoms with Gasteiger partial charge in [0.15, 0.2) is 0 Å². The predicted octanol–water partition coefficient (Wildman–Crippen LogP) is 10.7. The summed E-state index contributed by atoms with van der Waals surface area (Å²) in [7, 11) is 0. The Morgan fingerprint density at radius 1 is 0.627 bits per heavy atom. The van der Waals surface area contributed by atoms with Crippen LogP contribution in [0.2, 0.25) is 0 Å². The summed E-state index contributed by atoms with van der Waals surface area (Å²) in [6, 6.07) is 36.8.